The van der Waals surface area contributed by atoms with Crippen LogP contribution in [0.15, 0.2) is 29.6 Å². The maximum Gasteiger partial charge on any atom is 0.279 e. The van der Waals surface area contributed by atoms with Gasteiger partial charge in [-0.3, -0.25) is 0 Å². The zero-order valence-electron chi connectivity index (χ0n) is 10.9. The van der Waals surface area contributed by atoms with Crippen LogP contribution < -0.4 is 9.47 Å². The average Bonchev–Trinajstić information content (AvgIpc) is 2.80. The minimum atomic E-state index is 0.0807. The number of hydrogen-bond acceptors (Lipinski definition) is 6. The van der Waals surface area contributed by atoms with Gasteiger partial charge in [0.25, 0.3) is 5.19 Å². The molecular weight excluding hydrogens is 300 g/mol. The van der Waals surface area contributed by atoms with Gasteiger partial charge in [-0.25, -0.2) is 4.98 Å². The smallest absolute Gasteiger partial charge is 0.279 e. The Bertz CT molecular complexity index is 613. The molecule has 0 aliphatic heterocycles. The van der Waals surface area contributed by atoms with Crippen molar-refractivity contribution in [3.05, 3.63) is 34.3 Å². The molecule has 1 aromatic carbocycles. The monoisotopic (exact) mass is 312 g/mol. The zero-order chi connectivity index (χ0) is 14.5. The van der Waals surface area contributed by atoms with Gasteiger partial charge in [0.15, 0.2) is 0 Å². The van der Waals surface area contributed by atoms with Crippen molar-refractivity contribution in [3.8, 4) is 16.7 Å². The molecule has 106 valence electrons. The van der Waals surface area contributed by atoms with E-state index in [0.29, 0.717) is 26.6 Å². The Morgan fingerprint density at radius 1 is 1.45 bits per heavy atom. The summed E-state index contributed by atoms with van der Waals surface area (Å²) in [6, 6.07) is 5.20. The van der Waals surface area contributed by atoms with E-state index in [4.69, 9.17) is 26.3 Å². The van der Waals surface area contributed by atoms with Crippen LogP contribution in [0.4, 0.5) is 0 Å². The molecule has 5 nitrogen and oxygen atoms in total. The normalized spacial score (nSPS) is 11.2. The third-order valence-electron chi connectivity index (χ3n) is 2.16. The van der Waals surface area contributed by atoms with Gasteiger partial charge in [-0.15, -0.1) is 0 Å². The first-order valence-corrected chi connectivity index (χ1v) is 7.05. The first kappa shape index (κ1) is 14.6. The minimum Gasteiger partial charge on any atom is -0.491 e. The molecule has 0 atom stereocenters. The maximum absolute atomic E-state index is 8.44. The number of rotatable bonds is 5. The van der Waals surface area contributed by atoms with E-state index in [1.807, 2.05) is 13.8 Å². The summed E-state index contributed by atoms with van der Waals surface area (Å²) in [7, 11) is 0. The van der Waals surface area contributed by atoms with E-state index in [1.54, 1.807) is 24.4 Å². The standard InChI is InChI=1S/C13H13ClN2O3S/c1-8(2)18-9-3-4-12(11(14)5-9)19-13-15-6-10(20-13)7-16-17/h3-8,17H,1-2H3/b16-7+. The minimum absolute atomic E-state index is 0.0807. The number of benzene rings is 1. The molecule has 0 aliphatic rings. The summed E-state index contributed by atoms with van der Waals surface area (Å²) in [5.41, 5.74) is 0. The largest absolute Gasteiger partial charge is 0.491 e. The highest BCUT2D eigenvalue weighted by atomic mass is 35.5. The van der Waals surface area contributed by atoms with Crippen molar-refractivity contribution in [2.24, 2.45) is 5.16 Å². The Kier molecular flexibility index (Phi) is 4.81. The first-order valence-electron chi connectivity index (χ1n) is 5.86. The fraction of sp³-hybridized carbons (Fsp3) is 0.231. The number of ether oxygens (including phenoxy) is 2. The van der Waals surface area contributed by atoms with E-state index in [9.17, 15) is 0 Å². The molecule has 0 saturated carbocycles. The van der Waals surface area contributed by atoms with Crippen molar-refractivity contribution < 1.29 is 14.7 Å². The van der Waals surface area contributed by atoms with E-state index >= 15 is 0 Å². The fourth-order valence-electron chi connectivity index (χ4n) is 1.44. The van der Waals surface area contributed by atoms with Crippen LogP contribution in [-0.4, -0.2) is 22.5 Å². The molecule has 1 aromatic heterocycles. The molecule has 2 rings (SSSR count). The molecule has 0 spiro atoms. The number of aromatic nitrogens is 1. The summed E-state index contributed by atoms with van der Waals surface area (Å²) >= 11 is 7.38. The summed E-state index contributed by atoms with van der Waals surface area (Å²) in [6.45, 7) is 3.89. The number of halogens is 1. The van der Waals surface area contributed by atoms with Gasteiger partial charge < -0.3 is 14.7 Å². The SMILES string of the molecule is CC(C)Oc1ccc(Oc2ncc(/C=N/O)s2)c(Cl)c1. The van der Waals surface area contributed by atoms with E-state index in [1.165, 1.54) is 17.6 Å². The highest BCUT2D eigenvalue weighted by molar-refractivity contribution is 7.15. The lowest BCUT2D eigenvalue weighted by atomic mass is 10.3. The van der Waals surface area contributed by atoms with Crippen molar-refractivity contribution in [3.63, 3.8) is 0 Å². The molecule has 0 radical (unpaired) electrons. The highest BCUT2D eigenvalue weighted by Crippen LogP contribution is 2.34. The second kappa shape index (κ2) is 6.58. The Balaban J connectivity index is 2.12. The second-order valence-corrected chi connectivity index (χ2v) is 5.57. The molecule has 0 bridgehead atoms. The second-order valence-electron chi connectivity index (χ2n) is 4.13. The lowest BCUT2D eigenvalue weighted by Gasteiger charge is -2.11. The van der Waals surface area contributed by atoms with Crippen molar-refractivity contribution in [2.45, 2.75) is 20.0 Å². The van der Waals surface area contributed by atoms with E-state index in [0.717, 1.165) is 0 Å². The van der Waals surface area contributed by atoms with Crippen molar-refractivity contribution in [1.82, 2.24) is 4.98 Å². The number of thiazole rings is 1. The number of hydrogen-bond donors (Lipinski definition) is 1. The molecule has 0 fully saturated rings. The Morgan fingerprint density at radius 3 is 2.90 bits per heavy atom. The van der Waals surface area contributed by atoms with Gasteiger partial charge in [0, 0.05) is 6.07 Å². The zero-order valence-corrected chi connectivity index (χ0v) is 12.5. The quantitative estimate of drug-likeness (QED) is 0.511. The van der Waals surface area contributed by atoms with Gasteiger partial charge >= 0.3 is 0 Å². The number of oxime groups is 1. The molecule has 2 aromatic rings. The van der Waals surface area contributed by atoms with Crippen LogP contribution in [0.1, 0.15) is 18.7 Å². The molecule has 1 heterocycles. The Hall–Kier alpha value is -1.79. The fourth-order valence-corrected chi connectivity index (χ4v) is 2.29. The predicted molar refractivity (Wildman–Crippen MR) is 78.8 cm³/mol. The Labute approximate surface area is 125 Å². The predicted octanol–water partition coefficient (Wildman–Crippen LogP) is 4.18. The molecule has 0 amide bonds. The maximum atomic E-state index is 8.44. The first-order chi connectivity index (χ1) is 9.58. The summed E-state index contributed by atoms with van der Waals surface area (Å²) in [5.74, 6) is 1.18. The van der Waals surface area contributed by atoms with Gasteiger partial charge in [0.2, 0.25) is 0 Å². The highest BCUT2D eigenvalue weighted by Gasteiger charge is 2.09. The third kappa shape index (κ3) is 3.85. The van der Waals surface area contributed by atoms with Gasteiger partial charge in [-0.05, 0) is 26.0 Å². The molecule has 20 heavy (non-hydrogen) atoms. The lowest BCUT2D eigenvalue weighted by Crippen LogP contribution is -2.05. The third-order valence-corrected chi connectivity index (χ3v) is 3.26. The molecular formula is C13H13ClN2O3S. The topological polar surface area (TPSA) is 63.9 Å². The van der Waals surface area contributed by atoms with Crippen LogP contribution in [-0.2, 0) is 0 Å². The molecule has 0 aliphatic carbocycles. The summed E-state index contributed by atoms with van der Waals surface area (Å²) in [4.78, 5) is 4.73. The average molecular weight is 313 g/mol. The lowest BCUT2D eigenvalue weighted by molar-refractivity contribution is 0.242. The van der Waals surface area contributed by atoms with Crippen molar-refractivity contribution in [1.29, 1.82) is 0 Å². The van der Waals surface area contributed by atoms with Gasteiger partial charge in [-0.2, -0.15) is 0 Å². The molecule has 7 heteroatoms. The summed E-state index contributed by atoms with van der Waals surface area (Å²) in [6.07, 6.45) is 2.91. The number of nitrogens with zero attached hydrogens (tertiary/aromatic N) is 2. The van der Waals surface area contributed by atoms with Gasteiger partial charge in [0.05, 0.1) is 28.4 Å². The molecule has 1 N–H and O–H groups in total. The van der Waals surface area contributed by atoms with Crippen LogP contribution in [0.25, 0.3) is 0 Å². The van der Waals surface area contributed by atoms with Crippen molar-refractivity contribution >= 4 is 29.2 Å². The van der Waals surface area contributed by atoms with Crippen LogP contribution in [0, 0.1) is 0 Å². The van der Waals surface area contributed by atoms with Crippen LogP contribution in [0.2, 0.25) is 5.02 Å². The van der Waals surface area contributed by atoms with E-state index in [-0.39, 0.29) is 6.10 Å². The summed E-state index contributed by atoms with van der Waals surface area (Å²) in [5, 5.41) is 12.2. The van der Waals surface area contributed by atoms with E-state index < -0.39 is 0 Å². The van der Waals surface area contributed by atoms with Crippen LogP contribution >= 0.6 is 22.9 Å². The Morgan fingerprint density at radius 2 is 2.25 bits per heavy atom. The van der Waals surface area contributed by atoms with Gasteiger partial charge in [0.1, 0.15) is 11.5 Å². The van der Waals surface area contributed by atoms with E-state index in [2.05, 4.69) is 10.1 Å². The van der Waals surface area contributed by atoms with Crippen molar-refractivity contribution in [2.75, 3.05) is 0 Å². The van der Waals surface area contributed by atoms with Gasteiger partial charge in [-0.1, -0.05) is 28.1 Å². The molecule has 0 unspecified atom stereocenters. The van der Waals surface area contributed by atoms with Crippen LogP contribution in [0.5, 0.6) is 16.7 Å². The summed E-state index contributed by atoms with van der Waals surface area (Å²) < 4.78 is 11.1. The molecule has 0 saturated heterocycles. The van der Waals surface area contributed by atoms with Crippen LogP contribution in [0.3, 0.4) is 0 Å².